The van der Waals surface area contributed by atoms with Crippen LogP contribution >= 0.6 is 31.9 Å². The fraction of sp³-hybridized carbons (Fsp3) is 0.467. The summed E-state index contributed by atoms with van der Waals surface area (Å²) in [5.41, 5.74) is 5.98. The van der Waals surface area contributed by atoms with Crippen LogP contribution in [0.3, 0.4) is 0 Å². The summed E-state index contributed by atoms with van der Waals surface area (Å²) in [5, 5.41) is 2.80. The van der Waals surface area contributed by atoms with Gasteiger partial charge in [-0.3, -0.25) is 9.59 Å². The largest absolute Gasteiger partial charge is 0.368 e. The van der Waals surface area contributed by atoms with Crippen LogP contribution in [-0.2, 0) is 4.79 Å². The van der Waals surface area contributed by atoms with E-state index in [0.717, 1.165) is 34.6 Å². The maximum Gasteiger partial charge on any atom is 0.252 e. The number of carbonyl (C=O) groups is 2. The Morgan fingerprint density at radius 2 is 1.67 bits per heavy atom. The molecule has 4 nitrogen and oxygen atoms in total. The van der Waals surface area contributed by atoms with Gasteiger partial charge in [0.15, 0.2) is 0 Å². The van der Waals surface area contributed by atoms with E-state index in [9.17, 15) is 9.59 Å². The van der Waals surface area contributed by atoms with Gasteiger partial charge in [-0.2, -0.15) is 0 Å². The molecular formula is C15H18Br2N2O2. The molecule has 2 rings (SSSR count). The molecule has 1 aromatic carbocycles. The summed E-state index contributed by atoms with van der Waals surface area (Å²) in [6.45, 7) is 0. The topological polar surface area (TPSA) is 72.2 Å². The van der Waals surface area contributed by atoms with Gasteiger partial charge in [0.1, 0.15) is 6.04 Å². The van der Waals surface area contributed by atoms with Crippen LogP contribution in [0.4, 0.5) is 0 Å². The van der Waals surface area contributed by atoms with Crippen molar-refractivity contribution < 1.29 is 9.59 Å². The average Bonchev–Trinajstić information content (AvgIpc) is 2.44. The van der Waals surface area contributed by atoms with Gasteiger partial charge in [-0.25, -0.2) is 0 Å². The zero-order valence-corrected chi connectivity index (χ0v) is 14.7. The van der Waals surface area contributed by atoms with Crippen molar-refractivity contribution in [3.63, 3.8) is 0 Å². The first-order chi connectivity index (χ1) is 9.97. The maximum atomic E-state index is 12.3. The third-order valence-electron chi connectivity index (χ3n) is 3.84. The van der Waals surface area contributed by atoms with Crippen LogP contribution < -0.4 is 11.1 Å². The Hall–Kier alpha value is -0.880. The molecule has 0 unspecified atom stereocenters. The van der Waals surface area contributed by atoms with Crippen LogP contribution in [0.15, 0.2) is 27.1 Å². The second-order valence-electron chi connectivity index (χ2n) is 5.41. The highest BCUT2D eigenvalue weighted by Gasteiger charge is 2.29. The minimum Gasteiger partial charge on any atom is -0.368 e. The molecule has 3 N–H and O–H groups in total. The van der Waals surface area contributed by atoms with Gasteiger partial charge in [-0.1, -0.05) is 51.1 Å². The number of amides is 2. The molecule has 1 saturated carbocycles. The van der Waals surface area contributed by atoms with E-state index in [-0.39, 0.29) is 11.8 Å². The van der Waals surface area contributed by atoms with Crippen LogP contribution in [0, 0.1) is 5.92 Å². The predicted octanol–water partition coefficient (Wildman–Crippen LogP) is 3.38. The number of halogens is 2. The van der Waals surface area contributed by atoms with E-state index in [1.165, 1.54) is 6.42 Å². The van der Waals surface area contributed by atoms with Gasteiger partial charge in [0.25, 0.3) is 5.91 Å². The number of carbonyl (C=O) groups excluding carboxylic acids is 2. The van der Waals surface area contributed by atoms with Crippen LogP contribution in [0.2, 0.25) is 0 Å². The molecule has 0 spiro atoms. The van der Waals surface area contributed by atoms with Crippen LogP contribution in [-0.4, -0.2) is 17.9 Å². The van der Waals surface area contributed by atoms with Gasteiger partial charge >= 0.3 is 0 Å². The van der Waals surface area contributed by atoms with Crippen molar-refractivity contribution in [1.29, 1.82) is 0 Å². The van der Waals surface area contributed by atoms with E-state index >= 15 is 0 Å². The molecule has 6 heteroatoms. The molecule has 0 aliphatic heterocycles. The number of primary amides is 1. The van der Waals surface area contributed by atoms with Crippen molar-refractivity contribution in [2.45, 2.75) is 38.1 Å². The Balaban J connectivity index is 2.12. The lowest BCUT2D eigenvalue weighted by Gasteiger charge is -2.28. The normalized spacial score (nSPS) is 17.2. The number of nitrogens with two attached hydrogens (primary N) is 1. The molecule has 1 atom stereocenters. The number of benzene rings is 1. The molecule has 1 fully saturated rings. The van der Waals surface area contributed by atoms with Crippen molar-refractivity contribution in [1.82, 2.24) is 5.32 Å². The van der Waals surface area contributed by atoms with E-state index < -0.39 is 11.9 Å². The minimum atomic E-state index is -0.587. The number of hydrogen-bond acceptors (Lipinski definition) is 2. The van der Waals surface area contributed by atoms with Gasteiger partial charge in [0, 0.05) is 14.5 Å². The predicted molar refractivity (Wildman–Crippen MR) is 88.9 cm³/mol. The second kappa shape index (κ2) is 7.40. The van der Waals surface area contributed by atoms with Gasteiger partial charge in [0.2, 0.25) is 5.91 Å². The Morgan fingerprint density at radius 3 is 2.19 bits per heavy atom. The van der Waals surface area contributed by atoms with Crippen LogP contribution in [0.1, 0.15) is 42.5 Å². The zero-order chi connectivity index (χ0) is 15.4. The summed E-state index contributed by atoms with van der Waals surface area (Å²) in [4.78, 5) is 24.0. The molecule has 2 amide bonds. The van der Waals surface area contributed by atoms with Crippen LogP contribution in [0.25, 0.3) is 0 Å². The van der Waals surface area contributed by atoms with Crippen molar-refractivity contribution in [3.8, 4) is 0 Å². The van der Waals surface area contributed by atoms with Crippen molar-refractivity contribution >= 4 is 43.7 Å². The molecule has 0 aromatic heterocycles. The first kappa shape index (κ1) is 16.5. The zero-order valence-electron chi connectivity index (χ0n) is 11.6. The van der Waals surface area contributed by atoms with Crippen molar-refractivity contribution in [3.05, 3.63) is 32.7 Å². The van der Waals surface area contributed by atoms with E-state index in [0.29, 0.717) is 5.56 Å². The summed E-state index contributed by atoms with van der Waals surface area (Å²) in [6.07, 6.45) is 5.25. The first-order valence-corrected chi connectivity index (χ1v) is 8.62. The Labute approximate surface area is 141 Å². The molecule has 0 bridgehead atoms. The molecule has 0 radical (unpaired) electrons. The molecule has 21 heavy (non-hydrogen) atoms. The Morgan fingerprint density at radius 1 is 1.10 bits per heavy atom. The summed E-state index contributed by atoms with van der Waals surface area (Å²) < 4.78 is 1.60. The smallest absolute Gasteiger partial charge is 0.252 e. The number of hydrogen-bond donors (Lipinski definition) is 2. The van der Waals surface area contributed by atoms with Crippen molar-refractivity contribution in [2.75, 3.05) is 0 Å². The quantitative estimate of drug-likeness (QED) is 0.788. The monoisotopic (exact) mass is 416 g/mol. The first-order valence-electron chi connectivity index (χ1n) is 7.03. The molecular weight excluding hydrogens is 400 g/mol. The minimum absolute atomic E-state index is 0.149. The highest BCUT2D eigenvalue weighted by molar-refractivity contribution is 9.11. The average molecular weight is 418 g/mol. The lowest BCUT2D eigenvalue weighted by Crippen LogP contribution is -2.49. The molecule has 0 saturated heterocycles. The summed E-state index contributed by atoms with van der Waals surface area (Å²) in [5.74, 6) is -0.577. The Kier molecular flexibility index (Phi) is 5.81. The van der Waals surface area contributed by atoms with Gasteiger partial charge < -0.3 is 11.1 Å². The SMILES string of the molecule is NC(=O)[C@@H](NC(=O)c1cc(Br)cc(Br)c1)C1CCCCC1. The summed E-state index contributed by atoms with van der Waals surface area (Å²) in [6, 6.07) is 4.71. The molecule has 0 heterocycles. The fourth-order valence-corrected chi connectivity index (χ4v) is 4.09. The van der Waals surface area contributed by atoms with Crippen LogP contribution in [0.5, 0.6) is 0 Å². The van der Waals surface area contributed by atoms with E-state index in [1.807, 2.05) is 6.07 Å². The third-order valence-corrected chi connectivity index (χ3v) is 4.75. The molecule has 1 aliphatic rings. The van der Waals surface area contributed by atoms with Gasteiger partial charge in [0.05, 0.1) is 0 Å². The van der Waals surface area contributed by atoms with E-state index in [4.69, 9.17) is 5.73 Å². The molecule has 1 aliphatic carbocycles. The maximum absolute atomic E-state index is 12.3. The molecule has 114 valence electrons. The van der Waals surface area contributed by atoms with Gasteiger partial charge in [-0.05, 0) is 37.0 Å². The highest BCUT2D eigenvalue weighted by atomic mass is 79.9. The highest BCUT2D eigenvalue weighted by Crippen LogP contribution is 2.27. The number of nitrogens with one attached hydrogen (secondary N) is 1. The number of rotatable bonds is 4. The van der Waals surface area contributed by atoms with Crippen molar-refractivity contribution in [2.24, 2.45) is 11.7 Å². The lowest BCUT2D eigenvalue weighted by molar-refractivity contribution is -0.121. The summed E-state index contributed by atoms with van der Waals surface area (Å²) >= 11 is 6.70. The van der Waals surface area contributed by atoms with Gasteiger partial charge in [-0.15, -0.1) is 0 Å². The Bertz CT molecular complexity index is 522. The fourth-order valence-electron chi connectivity index (χ4n) is 2.80. The van der Waals surface area contributed by atoms with E-state index in [1.54, 1.807) is 12.1 Å². The lowest BCUT2D eigenvalue weighted by atomic mass is 9.83. The molecule has 1 aromatic rings. The standard InChI is InChI=1S/C15H18Br2N2O2/c16-11-6-10(7-12(17)8-11)15(21)19-13(14(18)20)9-4-2-1-3-5-9/h6-9,13H,1-5H2,(H2,18,20)(H,19,21)/t13-/m0/s1. The van der Waals surface area contributed by atoms with E-state index in [2.05, 4.69) is 37.2 Å². The third kappa shape index (κ3) is 4.54. The second-order valence-corrected chi connectivity index (χ2v) is 7.24. The summed E-state index contributed by atoms with van der Waals surface area (Å²) in [7, 11) is 0.